The number of aryl methyl sites for hydroxylation is 1. The Morgan fingerprint density at radius 3 is 2.36 bits per heavy atom. The van der Waals surface area contributed by atoms with Crippen LogP contribution in [0.3, 0.4) is 0 Å². The van der Waals surface area contributed by atoms with E-state index >= 15 is 0 Å². The molecule has 3 heteroatoms. The quantitative estimate of drug-likeness (QED) is 0.886. The lowest BCUT2D eigenvalue weighted by Crippen LogP contribution is -2.36. The maximum atomic E-state index is 11.6. The topological polar surface area (TPSA) is 40.5 Å². The summed E-state index contributed by atoms with van der Waals surface area (Å²) in [6.07, 6.45) is 0. The van der Waals surface area contributed by atoms with Crippen LogP contribution >= 0.6 is 0 Å². The lowest BCUT2D eigenvalue weighted by molar-refractivity contribution is 0.0694. The fourth-order valence-corrected chi connectivity index (χ4v) is 3.51. The van der Waals surface area contributed by atoms with Crippen molar-refractivity contribution in [2.45, 2.75) is 39.2 Å². The maximum absolute atomic E-state index is 11.6. The molecule has 22 heavy (non-hydrogen) atoms. The number of carbonyl (C=O) groups is 1. The molecule has 3 rings (SSSR count). The van der Waals surface area contributed by atoms with E-state index in [-0.39, 0.29) is 11.5 Å². The highest BCUT2D eigenvalue weighted by Gasteiger charge is 2.45. The summed E-state index contributed by atoms with van der Waals surface area (Å²) in [5.41, 5.74) is 4.45. The first kappa shape index (κ1) is 14.6. The molecule has 0 fully saturated rings. The molecule has 0 bridgehead atoms. The molecular weight excluding hydrogens is 274 g/mol. The molecule has 2 aromatic carbocycles. The van der Waals surface area contributed by atoms with Crippen molar-refractivity contribution < 1.29 is 9.90 Å². The van der Waals surface area contributed by atoms with Crippen LogP contribution in [0.4, 0.5) is 11.4 Å². The number of hydrogen-bond acceptors (Lipinski definition) is 2. The number of hydrogen-bond donors (Lipinski definition) is 1. The normalized spacial score (nSPS) is 19.1. The molecule has 1 unspecified atom stereocenters. The zero-order chi connectivity index (χ0) is 16.1. The highest BCUT2D eigenvalue weighted by atomic mass is 16.4. The Labute approximate surface area is 131 Å². The monoisotopic (exact) mass is 295 g/mol. The van der Waals surface area contributed by atoms with Gasteiger partial charge in [-0.05, 0) is 43.2 Å². The van der Waals surface area contributed by atoms with Crippen LogP contribution < -0.4 is 4.90 Å². The van der Waals surface area contributed by atoms with Crippen LogP contribution in [0.2, 0.25) is 0 Å². The minimum atomic E-state index is -0.858. The second-order valence-corrected chi connectivity index (χ2v) is 6.56. The van der Waals surface area contributed by atoms with E-state index in [1.807, 2.05) is 24.3 Å². The highest BCUT2D eigenvalue weighted by Crippen LogP contribution is 2.50. The Hall–Kier alpha value is -2.29. The number of anilines is 2. The first-order valence-electron chi connectivity index (χ1n) is 7.57. The van der Waals surface area contributed by atoms with E-state index in [0.717, 1.165) is 16.9 Å². The Morgan fingerprint density at radius 2 is 1.73 bits per heavy atom. The van der Waals surface area contributed by atoms with Gasteiger partial charge in [0.05, 0.1) is 5.56 Å². The molecule has 0 saturated heterocycles. The van der Waals surface area contributed by atoms with E-state index in [1.165, 1.54) is 5.56 Å². The number of carboxylic acid groups (broad SMARTS) is 1. The summed E-state index contributed by atoms with van der Waals surface area (Å²) in [6, 6.07) is 14.0. The van der Waals surface area contributed by atoms with E-state index in [4.69, 9.17) is 0 Å². The summed E-state index contributed by atoms with van der Waals surface area (Å²) in [7, 11) is 0. The number of para-hydroxylation sites is 1. The fraction of sp³-hybridized carbons (Fsp3) is 0.316. The third-order valence-corrected chi connectivity index (χ3v) is 4.98. The summed E-state index contributed by atoms with van der Waals surface area (Å²) in [4.78, 5) is 13.9. The van der Waals surface area contributed by atoms with Crippen molar-refractivity contribution in [2.75, 3.05) is 4.90 Å². The summed E-state index contributed by atoms with van der Waals surface area (Å²) < 4.78 is 0. The molecular formula is C19H21NO2. The number of fused-ring (bicyclic) bond motifs is 1. The van der Waals surface area contributed by atoms with E-state index < -0.39 is 5.97 Å². The highest BCUT2D eigenvalue weighted by molar-refractivity contribution is 5.94. The molecule has 1 aliphatic heterocycles. The number of carboxylic acids is 1. The number of nitrogens with zero attached hydrogens (tertiary/aromatic N) is 1. The average Bonchev–Trinajstić information content (AvgIpc) is 2.68. The predicted molar refractivity (Wildman–Crippen MR) is 89.2 cm³/mol. The second-order valence-electron chi connectivity index (χ2n) is 6.56. The van der Waals surface area contributed by atoms with Crippen molar-refractivity contribution in [3.8, 4) is 0 Å². The molecule has 0 amide bonds. The smallest absolute Gasteiger partial charge is 0.336 e. The molecule has 2 aromatic rings. The van der Waals surface area contributed by atoms with Gasteiger partial charge in [-0.2, -0.15) is 0 Å². The van der Waals surface area contributed by atoms with E-state index in [2.05, 4.69) is 44.7 Å². The first-order chi connectivity index (χ1) is 10.4. The van der Waals surface area contributed by atoms with Gasteiger partial charge in [-0.3, -0.25) is 0 Å². The summed E-state index contributed by atoms with van der Waals surface area (Å²) >= 11 is 0. The lowest BCUT2D eigenvalue weighted by atomic mass is 9.79. The van der Waals surface area contributed by atoms with Gasteiger partial charge in [0.25, 0.3) is 0 Å². The number of aromatic carboxylic acids is 1. The molecule has 1 aliphatic rings. The van der Waals surface area contributed by atoms with Gasteiger partial charge >= 0.3 is 5.97 Å². The van der Waals surface area contributed by atoms with E-state index in [9.17, 15) is 9.90 Å². The Kier molecular flexibility index (Phi) is 3.24. The summed E-state index contributed by atoms with van der Waals surface area (Å²) in [5.74, 6) is -0.858. The first-order valence-corrected chi connectivity index (χ1v) is 7.57. The standard InChI is InChI=1S/C19H21NO2/c1-12-8-5-6-10-15(12)20-13(2)19(3,4)17-14(18(21)22)9-7-11-16(17)20/h5-11,13H,1-4H3,(H,21,22). The minimum Gasteiger partial charge on any atom is -0.478 e. The number of rotatable bonds is 2. The molecule has 0 radical (unpaired) electrons. The molecule has 1 N–H and O–H groups in total. The summed E-state index contributed by atoms with van der Waals surface area (Å²) in [5, 5.41) is 9.56. The van der Waals surface area contributed by atoms with Crippen LogP contribution in [-0.4, -0.2) is 17.1 Å². The number of benzene rings is 2. The van der Waals surface area contributed by atoms with Crippen molar-refractivity contribution in [1.82, 2.24) is 0 Å². The largest absolute Gasteiger partial charge is 0.478 e. The molecule has 114 valence electrons. The van der Waals surface area contributed by atoms with E-state index in [0.29, 0.717) is 5.56 Å². The van der Waals surface area contributed by atoms with Gasteiger partial charge in [-0.1, -0.05) is 38.1 Å². The van der Waals surface area contributed by atoms with Gasteiger partial charge in [0, 0.05) is 22.8 Å². The van der Waals surface area contributed by atoms with Gasteiger partial charge < -0.3 is 10.0 Å². The van der Waals surface area contributed by atoms with Crippen LogP contribution in [0.25, 0.3) is 0 Å². The molecule has 1 heterocycles. The molecule has 1 atom stereocenters. The third-order valence-electron chi connectivity index (χ3n) is 4.98. The van der Waals surface area contributed by atoms with Gasteiger partial charge in [-0.15, -0.1) is 0 Å². The van der Waals surface area contributed by atoms with Crippen LogP contribution in [0.15, 0.2) is 42.5 Å². The lowest BCUT2D eigenvalue weighted by Gasteiger charge is -2.32. The van der Waals surface area contributed by atoms with Gasteiger partial charge in [0.2, 0.25) is 0 Å². The summed E-state index contributed by atoms with van der Waals surface area (Å²) in [6.45, 7) is 8.51. The third kappa shape index (κ3) is 1.92. The van der Waals surface area contributed by atoms with Crippen molar-refractivity contribution in [3.63, 3.8) is 0 Å². The van der Waals surface area contributed by atoms with Crippen LogP contribution in [0, 0.1) is 6.92 Å². The van der Waals surface area contributed by atoms with Gasteiger partial charge in [-0.25, -0.2) is 4.79 Å². The Morgan fingerprint density at radius 1 is 1.09 bits per heavy atom. The Bertz CT molecular complexity index is 749. The Balaban J connectivity index is 2.29. The molecule has 0 spiro atoms. The zero-order valence-electron chi connectivity index (χ0n) is 13.4. The van der Waals surface area contributed by atoms with Crippen LogP contribution in [0.5, 0.6) is 0 Å². The SMILES string of the molecule is Cc1ccccc1N1c2cccc(C(=O)O)c2C(C)(C)C1C. The van der Waals surface area contributed by atoms with Crippen LogP contribution in [0.1, 0.15) is 42.3 Å². The maximum Gasteiger partial charge on any atom is 0.336 e. The second kappa shape index (κ2) is 4.87. The van der Waals surface area contributed by atoms with Crippen molar-refractivity contribution >= 4 is 17.3 Å². The average molecular weight is 295 g/mol. The van der Waals surface area contributed by atoms with Crippen molar-refractivity contribution in [2.24, 2.45) is 0 Å². The molecule has 0 saturated carbocycles. The minimum absolute atomic E-state index is 0.184. The predicted octanol–water partition coefficient (Wildman–Crippen LogP) is 4.51. The molecule has 3 nitrogen and oxygen atoms in total. The van der Waals surface area contributed by atoms with Crippen molar-refractivity contribution in [1.29, 1.82) is 0 Å². The van der Waals surface area contributed by atoms with Gasteiger partial charge in [0.15, 0.2) is 0 Å². The fourth-order valence-electron chi connectivity index (χ4n) is 3.51. The van der Waals surface area contributed by atoms with Gasteiger partial charge in [0.1, 0.15) is 0 Å². The molecule has 0 aliphatic carbocycles. The molecule has 0 aromatic heterocycles. The van der Waals surface area contributed by atoms with Crippen LogP contribution in [-0.2, 0) is 5.41 Å². The van der Waals surface area contributed by atoms with E-state index in [1.54, 1.807) is 6.07 Å². The van der Waals surface area contributed by atoms with Crippen molar-refractivity contribution in [3.05, 3.63) is 59.2 Å². The zero-order valence-corrected chi connectivity index (χ0v) is 13.4.